The third kappa shape index (κ3) is 2.92. The van der Waals surface area contributed by atoms with E-state index in [0.717, 1.165) is 12.8 Å². The first-order valence-electron chi connectivity index (χ1n) is 6.72. The lowest BCUT2D eigenvalue weighted by Gasteiger charge is -2.37. The monoisotopic (exact) mass is 277 g/mol. The van der Waals surface area contributed by atoms with E-state index in [4.69, 9.17) is 0 Å². The zero-order valence-corrected chi connectivity index (χ0v) is 11.5. The van der Waals surface area contributed by atoms with E-state index in [9.17, 15) is 14.7 Å². The van der Waals surface area contributed by atoms with Gasteiger partial charge in [0.05, 0.1) is 7.11 Å². The third-order valence-electron chi connectivity index (χ3n) is 4.05. The lowest BCUT2D eigenvalue weighted by Crippen LogP contribution is -2.56. The topological polar surface area (TPSA) is 75.6 Å². The average molecular weight is 277 g/mol. The molecule has 5 heteroatoms. The van der Waals surface area contributed by atoms with E-state index in [1.807, 2.05) is 18.2 Å². The fourth-order valence-electron chi connectivity index (χ4n) is 2.81. The van der Waals surface area contributed by atoms with Crippen LogP contribution in [-0.4, -0.2) is 29.8 Å². The Bertz CT molecular complexity index is 478. The largest absolute Gasteiger partial charge is 0.480 e. The summed E-state index contributed by atoms with van der Waals surface area (Å²) in [6, 6.07) is 10.1. The number of hydrogen-bond acceptors (Lipinski definition) is 3. The van der Waals surface area contributed by atoms with Gasteiger partial charge < -0.3 is 15.2 Å². The fraction of sp³-hybridized carbons (Fsp3) is 0.467. The number of carboxylic acids is 1. The molecule has 0 spiro atoms. The molecule has 5 nitrogen and oxygen atoms in total. The van der Waals surface area contributed by atoms with E-state index in [-0.39, 0.29) is 0 Å². The summed E-state index contributed by atoms with van der Waals surface area (Å²) in [4.78, 5) is 22.8. The van der Waals surface area contributed by atoms with Gasteiger partial charge in [-0.1, -0.05) is 30.3 Å². The molecule has 0 atom stereocenters. The van der Waals surface area contributed by atoms with Crippen LogP contribution in [0.25, 0.3) is 0 Å². The number of hydrogen-bond donors (Lipinski definition) is 2. The number of amides is 1. The molecule has 1 saturated carbocycles. The van der Waals surface area contributed by atoms with Gasteiger partial charge in [0.25, 0.3) is 0 Å². The van der Waals surface area contributed by atoms with Gasteiger partial charge in [-0.05, 0) is 37.2 Å². The van der Waals surface area contributed by atoms with Crippen LogP contribution in [0.3, 0.4) is 0 Å². The highest BCUT2D eigenvalue weighted by atomic mass is 16.5. The van der Waals surface area contributed by atoms with Crippen molar-refractivity contribution in [2.45, 2.75) is 37.1 Å². The summed E-state index contributed by atoms with van der Waals surface area (Å²) >= 11 is 0. The summed E-state index contributed by atoms with van der Waals surface area (Å²) in [5.74, 6) is -0.641. The number of carbonyl (C=O) groups is 2. The molecule has 1 aliphatic carbocycles. The van der Waals surface area contributed by atoms with Crippen molar-refractivity contribution in [1.82, 2.24) is 5.32 Å². The van der Waals surface area contributed by atoms with Crippen molar-refractivity contribution < 1.29 is 19.4 Å². The van der Waals surface area contributed by atoms with Gasteiger partial charge in [0.1, 0.15) is 5.54 Å². The molecular formula is C15H19NO4. The quantitative estimate of drug-likeness (QED) is 0.890. The Balaban J connectivity index is 2.07. The second kappa shape index (κ2) is 5.94. The van der Waals surface area contributed by atoms with E-state index in [1.54, 1.807) is 0 Å². The van der Waals surface area contributed by atoms with Gasteiger partial charge in [0, 0.05) is 0 Å². The summed E-state index contributed by atoms with van der Waals surface area (Å²) in [6.07, 6.45) is 1.61. The summed E-state index contributed by atoms with van der Waals surface area (Å²) in [7, 11) is 1.24. The molecule has 1 aromatic rings. The van der Waals surface area contributed by atoms with E-state index in [0.29, 0.717) is 18.8 Å². The highest BCUT2D eigenvalue weighted by molar-refractivity contribution is 5.84. The van der Waals surface area contributed by atoms with Gasteiger partial charge in [-0.3, -0.25) is 0 Å². The minimum absolute atomic E-state index is 0.350. The van der Waals surface area contributed by atoms with Crippen molar-refractivity contribution in [2.24, 2.45) is 0 Å². The molecule has 1 amide bonds. The van der Waals surface area contributed by atoms with Crippen molar-refractivity contribution in [2.75, 3.05) is 7.11 Å². The molecule has 0 saturated heterocycles. The number of carbonyl (C=O) groups excluding carboxylic acids is 1. The number of methoxy groups -OCH3 is 1. The number of ether oxygens (including phenoxy) is 1. The number of aliphatic carboxylic acids is 1. The third-order valence-corrected chi connectivity index (χ3v) is 4.05. The fourth-order valence-corrected chi connectivity index (χ4v) is 2.81. The summed E-state index contributed by atoms with van der Waals surface area (Å²) in [6.45, 7) is 0. The van der Waals surface area contributed by atoms with Crippen molar-refractivity contribution in [3.63, 3.8) is 0 Å². The zero-order chi connectivity index (χ0) is 14.6. The van der Waals surface area contributed by atoms with E-state index in [2.05, 4.69) is 22.2 Å². The second-order valence-corrected chi connectivity index (χ2v) is 5.19. The highest BCUT2D eigenvalue weighted by Crippen LogP contribution is 2.38. The van der Waals surface area contributed by atoms with Gasteiger partial charge in [-0.25, -0.2) is 9.59 Å². The Morgan fingerprint density at radius 1 is 1.25 bits per heavy atom. The smallest absolute Gasteiger partial charge is 0.407 e. The van der Waals surface area contributed by atoms with Gasteiger partial charge in [0.15, 0.2) is 0 Å². The molecule has 0 heterocycles. The molecule has 0 unspecified atom stereocenters. The SMILES string of the molecule is COC(=O)NC1(C(=O)O)CCC(c2ccccc2)CC1. The van der Waals surface area contributed by atoms with Crippen molar-refractivity contribution >= 4 is 12.1 Å². The number of rotatable bonds is 3. The van der Waals surface area contributed by atoms with E-state index in [1.165, 1.54) is 12.7 Å². The first kappa shape index (κ1) is 14.4. The first-order valence-corrected chi connectivity index (χ1v) is 6.72. The predicted molar refractivity (Wildman–Crippen MR) is 73.6 cm³/mol. The van der Waals surface area contributed by atoms with Crippen LogP contribution in [0.15, 0.2) is 30.3 Å². The Kier molecular flexibility index (Phi) is 4.27. The van der Waals surface area contributed by atoms with Gasteiger partial charge in [-0.15, -0.1) is 0 Å². The van der Waals surface area contributed by atoms with E-state index < -0.39 is 17.6 Å². The Labute approximate surface area is 117 Å². The maximum Gasteiger partial charge on any atom is 0.407 e. The normalized spacial score (nSPS) is 25.8. The molecule has 0 aromatic heterocycles. The van der Waals surface area contributed by atoms with E-state index >= 15 is 0 Å². The van der Waals surface area contributed by atoms with Gasteiger partial charge in [0.2, 0.25) is 0 Å². The maximum absolute atomic E-state index is 11.5. The maximum atomic E-state index is 11.5. The van der Waals surface area contributed by atoms with Gasteiger partial charge >= 0.3 is 12.1 Å². The van der Waals surface area contributed by atoms with Crippen LogP contribution in [0, 0.1) is 0 Å². The second-order valence-electron chi connectivity index (χ2n) is 5.19. The standard InChI is InChI=1S/C15H19NO4/c1-20-14(19)16-15(13(17)18)9-7-12(8-10-15)11-5-3-2-4-6-11/h2-6,12H,7-10H2,1H3,(H,16,19)(H,17,18). The Morgan fingerprint density at radius 3 is 2.35 bits per heavy atom. The molecule has 0 aliphatic heterocycles. The van der Waals surface area contributed by atoms with Gasteiger partial charge in [-0.2, -0.15) is 0 Å². The number of alkyl carbamates (subject to hydrolysis) is 1. The number of benzene rings is 1. The summed E-state index contributed by atoms with van der Waals surface area (Å²) in [5, 5.41) is 11.9. The minimum atomic E-state index is -1.20. The summed E-state index contributed by atoms with van der Waals surface area (Å²) in [5.41, 5.74) is 0.0304. The van der Waals surface area contributed by atoms with Crippen LogP contribution < -0.4 is 5.32 Å². The van der Waals surface area contributed by atoms with Crippen LogP contribution in [-0.2, 0) is 9.53 Å². The Morgan fingerprint density at radius 2 is 1.85 bits per heavy atom. The van der Waals surface area contributed by atoms with Crippen LogP contribution >= 0.6 is 0 Å². The first-order chi connectivity index (χ1) is 9.57. The minimum Gasteiger partial charge on any atom is -0.480 e. The molecular weight excluding hydrogens is 258 g/mol. The molecule has 20 heavy (non-hydrogen) atoms. The average Bonchev–Trinajstić information content (AvgIpc) is 2.48. The molecule has 2 rings (SSSR count). The molecule has 108 valence electrons. The van der Waals surface area contributed by atoms with Crippen LogP contribution in [0.5, 0.6) is 0 Å². The number of carboxylic acid groups (broad SMARTS) is 1. The molecule has 2 N–H and O–H groups in total. The molecule has 1 fully saturated rings. The van der Waals surface area contributed by atoms with Crippen LogP contribution in [0.1, 0.15) is 37.2 Å². The lowest BCUT2D eigenvalue weighted by atomic mass is 9.74. The van der Waals surface area contributed by atoms with Crippen molar-refractivity contribution in [1.29, 1.82) is 0 Å². The molecule has 1 aliphatic rings. The lowest BCUT2D eigenvalue weighted by molar-refractivity contribution is -0.146. The molecule has 0 bridgehead atoms. The van der Waals surface area contributed by atoms with Crippen LogP contribution in [0.4, 0.5) is 4.79 Å². The zero-order valence-electron chi connectivity index (χ0n) is 11.5. The Hall–Kier alpha value is -2.04. The highest BCUT2D eigenvalue weighted by Gasteiger charge is 2.43. The van der Waals surface area contributed by atoms with Crippen molar-refractivity contribution in [3.8, 4) is 0 Å². The van der Waals surface area contributed by atoms with Crippen molar-refractivity contribution in [3.05, 3.63) is 35.9 Å². The summed E-state index contributed by atoms with van der Waals surface area (Å²) < 4.78 is 4.53. The molecule has 1 aromatic carbocycles. The predicted octanol–water partition coefficient (Wildman–Crippen LogP) is 2.52. The number of nitrogens with one attached hydrogen (secondary N) is 1. The van der Waals surface area contributed by atoms with Crippen LogP contribution in [0.2, 0.25) is 0 Å². The molecule has 0 radical (unpaired) electrons.